The normalized spacial score (nSPS) is 13.4. The van der Waals surface area contributed by atoms with Gasteiger partial charge in [-0.15, -0.1) is 0 Å². The molecule has 0 saturated carbocycles. The van der Waals surface area contributed by atoms with Gasteiger partial charge in [-0.25, -0.2) is 0 Å². The molecule has 0 saturated heterocycles. The summed E-state index contributed by atoms with van der Waals surface area (Å²) in [6.45, 7) is 28.3. The summed E-state index contributed by atoms with van der Waals surface area (Å²) in [6, 6.07) is 25.1. The van der Waals surface area contributed by atoms with Crippen LogP contribution in [0.2, 0.25) is 0 Å². The third-order valence-corrected chi connectivity index (χ3v) is 20.1. The third-order valence-electron chi connectivity index (χ3n) is 11.4. The topological polar surface area (TPSA) is 0 Å². The molecule has 0 nitrogen and oxygen atoms in total. The van der Waals surface area contributed by atoms with Gasteiger partial charge in [-0.05, 0) is 0 Å². The minimum Gasteiger partial charge on any atom is -1.00 e. The maximum absolute atomic E-state index is 2.71. The maximum atomic E-state index is 2.71. The molecule has 4 aromatic rings. The van der Waals surface area contributed by atoms with Crippen LogP contribution in [0.5, 0.6) is 0 Å². The van der Waals surface area contributed by atoms with Gasteiger partial charge in [0.1, 0.15) is 0 Å². The summed E-state index contributed by atoms with van der Waals surface area (Å²) in [7, 11) is 0. The summed E-state index contributed by atoms with van der Waals surface area (Å²) in [5.41, 5.74) is 20.2. The quantitative estimate of drug-likeness (QED) is 0.150. The van der Waals surface area contributed by atoms with E-state index in [1.165, 1.54) is 105 Å². The van der Waals surface area contributed by atoms with E-state index in [0.29, 0.717) is 3.63 Å². The van der Waals surface area contributed by atoms with Gasteiger partial charge < -0.3 is 24.8 Å². The zero-order chi connectivity index (χ0) is 37.5. The fourth-order valence-corrected chi connectivity index (χ4v) is 18.5. The maximum Gasteiger partial charge on any atom is -1.00 e. The zero-order valence-corrected chi connectivity index (χ0v) is 39.3. The van der Waals surface area contributed by atoms with E-state index < -0.39 is 21.3 Å². The Morgan fingerprint density at radius 2 is 0.981 bits per heavy atom. The summed E-state index contributed by atoms with van der Waals surface area (Å²) in [5.74, 6) is 0. The third kappa shape index (κ3) is 9.28. The molecular weight excluding hydrogens is 775 g/mol. The largest absolute Gasteiger partial charge is 1.00 e. The Labute approximate surface area is 349 Å². The van der Waals surface area contributed by atoms with Gasteiger partial charge in [0.15, 0.2) is 0 Å². The Kier molecular flexibility index (Phi) is 14.7. The number of rotatable bonds is 10. The molecule has 0 radical (unpaired) electrons. The molecule has 0 atom stereocenters. The fourth-order valence-electron chi connectivity index (χ4n) is 9.07. The molecule has 2 aliphatic rings. The predicted molar refractivity (Wildman–Crippen MR) is 227 cm³/mol. The molecular formula is C51H64Cl2Zr. The van der Waals surface area contributed by atoms with Crippen LogP contribution in [-0.4, -0.2) is 3.21 Å². The molecule has 0 heterocycles. The van der Waals surface area contributed by atoms with E-state index in [-0.39, 0.29) is 35.6 Å². The number of allylic oxidation sites excluding steroid dienone is 4. The first-order valence-corrected chi connectivity index (χ1v) is 24.1. The number of benzene rings is 4. The summed E-state index contributed by atoms with van der Waals surface area (Å²) in [4.78, 5) is 0. The van der Waals surface area contributed by atoms with Crippen LogP contribution in [0.4, 0.5) is 0 Å². The molecule has 54 heavy (non-hydrogen) atoms. The summed E-state index contributed by atoms with van der Waals surface area (Å²) >= 11 is -2.51. The molecule has 4 aromatic carbocycles. The molecule has 3 heteroatoms. The Morgan fingerprint density at radius 1 is 0.574 bits per heavy atom. The van der Waals surface area contributed by atoms with Crippen LogP contribution in [0.25, 0.3) is 33.4 Å². The number of hydrogen-bond donors (Lipinski definition) is 0. The minimum atomic E-state index is -2.51. The minimum absolute atomic E-state index is 0. The van der Waals surface area contributed by atoms with Crippen molar-refractivity contribution in [2.24, 2.45) is 0 Å². The van der Waals surface area contributed by atoms with Crippen LogP contribution in [0.15, 0.2) is 82.2 Å². The van der Waals surface area contributed by atoms with Crippen molar-refractivity contribution in [2.45, 2.75) is 142 Å². The van der Waals surface area contributed by atoms with E-state index in [0.717, 1.165) is 6.42 Å². The molecule has 6 rings (SSSR count). The summed E-state index contributed by atoms with van der Waals surface area (Å²) in [5, 5.41) is 0. The smallest absolute Gasteiger partial charge is 1.00 e. The van der Waals surface area contributed by atoms with Gasteiger partial charge >= 0.3 is 327 Å². The van der Waals surface area contributed by atoms with Crippen LogP contribution >= 0.6 is 0 Å². The van der Waals surface area contributed by atoms with Gasteiger partial charge in [-0.3, -0.25) is 0 Å². The van der Waals surface area contributed by atoms with Crippen molar-refractivity contribution in [1.82, 2.24) is 0 Å². The van der Waals surface area contributed by atoms with Crippen LogP contribution in [0.1, 0.15) is 148 Å². The number of hydrogen-bond acceptors (Lipinski definition) is 0. The Bertz CT molecular complexity index is 1920. The second-order valence-corrected chi connectivity index (χ2v) is 25.0. The van der Waals surface area contributed by atoms with Crippen LogP contribution in [0, 0.1) is 27.7 Å². The van der Waals surface area contributed by atoms with E-state index in [9.17, 15) is 0 Å². The van der Waals surface area contributed by atoms with Crippen molar-refractivity contribution in [2.75, 3.05) is 0 Å². The van der Waals surface area contributed by atoms with Gasteiger partial charge in [-0.2, -0.15) is 0 Å². The fraction of sp³-hybridized carbons (Fsp3) is 0.431. The average Bonchev–Trinajstić information content (AvgIpc) is 3.70. The Hall–Kier alpha value is -2.31. The van der Waals surface area contributed by atoms with Crippen molar-refractivity contribution in [1.29, 1.82) is 0 Å². The van der Waals surface area contributed by atoms with E-state index in [2.05, 4.69) is 162 Å². The standard InChI is InChI=1S/C37H41.C9H18.C5H5.2ClH.Zr/c1-22-11-23(2)14-26(13-22)32-18-28-17-29-19-33(27-15-24(3)12-25(4)16-27)35(37(8,9)10)21-31(29)30(28)20-34(32)36(5,6)7;1-3-5-7-9-8-6-4-2;1-2-4-5-3-1;;;/h11-21H,1-10H3;3-8H2,1-2H3;1-3H,4H2;2*1H;/q;;;;;+2/p-2. The van der Waals surface area contributed by atoms with Gasteiger partial charge in [0, 0.05) is 0 Å². The SMILES string of the molecule is CCCC[C](CCCC)=[Zr+2]([C]1=CC=CC1)[CH]1c2cc(-c3cc(C)cc(C)c3)c(C(C)(C)C)cc2-c2cc(C(C)(C)C)c(-c3cc(C)cc(C)c3)cc21.[Cl-].[Cl-]. The van der Waals surface area contributed by atoms with Crippen molar-refractivity contribution in [3.8, 4) is 33.4 Å². The van der Waals surface area contributed by atoms with Crippen molar-refractivity contribution >= 4 is 3.21 Å². The van der Waals surface area contributed by atoms with Crippen molar-refractivity contribution < 1.29 is 46.1 Å². The number of halogens is 2. The van der Waals surface area contributed by atoms with Crippen LogP contribution in [0.3, 0.4) is 0 Å². The van der Waals surface area contributed by atoms with Crippen molar-refractivity contribution in [3.63, 3.8) is 0 Å². The molecule has 0 fully saturated rings. The van der Waals surface area contributed by atoms with Crippen molar-refractivity contribution in [3.05, 3.63) is 127 Å². The molecule has 0 unspecified atom stereocenters. The molecule has 0 aliphatic heterocycles. The van der Waals surface area contributed by atoms with E-state index in [1.54, 1.807) is 14.4 Å². The first-order chi connectivity index (χ1) is 24.6. The average molecular weight is 839 g/mol. The van der Waals surface area contributed by atoms with E-state index in [1.807, 2.05) is 3.21 Å². The molecule has 0 amide bonds. The second kappa shape index (κ2) is 17.9. The zero-order valence-electron chi connectivity index (χ0n) is 35.3. The van der Waals surface area contributed by atoms with Gasteiger partial charge in [0.25, 0.3) is 0 Å². The van der Waals surface area contributed by atoms with Crippen LogP contribution in [-0.2, 0) is 32.1 Å². The summed E-state index contributed by atoms with van der Waals surface area (Å²) < 4.78 is 4.24. The monoisotopic (exact) mass is 836 g/mol. The molecule has 286 valence electrons. The van der Waals surface area contributed by atoms with Crippen LogP contribution < -0.4 is 24.8 Å². The van der Waals surface area contributed by atoms with Gasteiger partial charge in [0.05, 0.1) is 0 Å². The number of aryl methyl sites for hydroxylation is 4. The van der Waals surface area contributed by atoms with E-state index in [4.69, 9.17) is 0 Å². The Balaban J connectivity index is 0.00000325. The number of fused-ring (bicyclic) bond motifs is 3. The molecule has 2 aliphatic carbocycles. The summed E-state index contributed by atoms with van der Waals surface area (Å²) in [6.07, 6.45) is 16.3. The molecule has 0 aromatic heterocycles. The molecule has 0 spiro atoms. The number of unbranched alkanes of at least 4 members (excludes halogenated alkanes) is 2. The van der Waals surface area contributed by atoms with Gasteiger partial charge in [-0.1, -0.05) is 0 Å². The predicted octanol–water partition coefficient (Wildman–Crippen LogP) is 8.94. The van der Waals surface area contributed by atoms with E-state index >= 15 is 0 Å². The first kappa shape index (κ1) is 44.4. The second-order valence-electron chi connectivity index (χ2n) is 18.2. The molecule has 0 N–H and O–H groups in total. The Morgan fingerprint density at radius 3 is 1.31 bits per heavy atom. The first-order valence-electron chi connectivity index (χ1n) is 20.2. The van der Waals surface area contributed by atoms with Gasteiger partial charge in [0.2, 0.25) is 0 Å². The molecule has 0 bridgehead atoms.